The van der Waals surface area contributed by atoms with Crippen molar-refractivity contribution in [3.8, 4) is 0 Å². The van der Waals surface area contributed by atoms with Crippen LogP contribution in [0.5, 0.6) is 0 Å². The van der Waals surface area contributed by atoms with E-state index in [0.717, 1.165) is 12.8 Å². The lowest BCUT2D eigenvalue weighted by atomic mass is 9.86. The van der Waals surface area contributed by atoms with Gasteiger partial charge in [-0.3, -0.25) is 0 Å². The minimum atomic E-state index is 0.198. The molecular formula is C8H12Cl2. The molecule has 10 heavy (non-hydrogen) atoms. The van der Waals surface area contributed by atoms with Gasteiger partial charge in [0.05, 0.1) is 0 Å². The average molecular weight is 179 g/mol. The van der Waals surface area contributed by atoms with Gasteiger partial charge in [0.15, 0.2) is 0 Å². The number of halogens is 2. The van der Waals surface area contributed by atoms with Crippen LogP contribution in [0.1, 0.15) is 19.8 Å². The van der Waals surface area contributed by atoms with Crippen molar-refractivity contribution in [3.05, 3.63) is 12.2 Å². The Morgan fingerprint density at radius 1 is 1.50 bits per heavy atom. The molecule has 1 aliphatic carbocycles. The molecule has 0 aromatic rings. The van der Waals surface area contributed by atoms with Crippen LogP contribution >= 0.6 is 23.2 Å². The molecule has 0 amide bonds. The first-order valence-corrected chi connectivity index (χ1v) is 4.44. The summed E-state index contributed by atoms with van der Waals surface area (Å²) >= 11 is 11.9. The van der Waals surface area contributed by atoms with E-state index in [1.807, 2.05) is 0 Å². The van der Waals surface area contributed by atoms with Crippen molar-refractivity contribution < 1.29 is 0 Å². The predicted octanol–water partition coefficient (Wildman–Crippen LogP) is 3.19. The summed E-state index contributed by atoms with van der Waals surface area (Å²) in [4.78, 5) is 0. The van der Waals surface area contributed by atoms with Gasteiger partial charge in [-0.15, -0.1) is 23.2 Å². The molecular weight excluding hydrogens is 167 g/mol. The molecule has 3 unspecified atom stereocenters. The number of hydrogen-bond acceptors (Lipinski definition) is 0. The summed E-state index contributed by atoms with van der Waals surface area (Å²) in [5.74, 6) is 0.441. The van der Waals surface area contributed by atoms with Crippen molar-refractivity contribution in [2.24, 2.45) is 5.92 Å². The first kappa shape index (κ1) is 8.42. The van der Waals surface area contributed by atoms with Gasteiger partial charge in [0, 0.05) is 10.8 Å². The summed E-state index contributed by atoms with van der Waals surface area (Å²) in [6.07, 6.45) is 1.86. The molecule has 0 heterocycles. The van der Waals surface area contributed by atoms with Gasteiger partial charge in [-0.05, 0) is 18.8 Å². The fourth-order valence-corrected chi connectivity index (χ4v) is 2.13. The van der Waals surface area contributed by atoms with Gasteiger partial charge in [0.25, 0.3) is 0 Å². The number of hydrogen-bond donors (Lipinski definition) is 0. The topological polar surface area (TPSA) is 0 Å². The molecule has 1 rings (SSSR count). The molecule has 0 radical (unpaired) electrons. The zero-order valence-electron chi connectivity index (χ0n) is 6.11. The van der Waals surface area contributed by atoms with E-state index in [-0.39, 0.29) is 10.8 Å². The molecule has 0 bridgehead atoms. The second kappa shape index (κ2) is 3.15. The third-order valence-electron chi connectivity index (χ3n) is 2.15. The van der Waals surface area contributed by atoms with E-state index >= 15 is 0 Å². The van der Waals surface area contributed by atoms with Gasteiger partial charge in [0.1, 0.15) is 0 Å². The van der Waals surface area contributed by atoms with Crippen molar-refractivity contribution in [3.63, 3.8) is 0 Å². The SMILES string of the molecule is C=C1CC(Cl)CC(Cl)C1C. The molecule has 0 aliphatic heterocycles. The van der Waals surface area contributed by atoms with Crippen LogP contribution < -0.4 is 0 Å². The van der Waals surface area contributed by atoms with Crippen LogP contribution in [0.15, 0.2) is 12.2 Å². The zero-order chi connectivity index (χ0) is 7.72. The number of alkyl halides is 2. The highest BCUT2D eigenvalue weighted by Crippen LogP contribution is 2.34. The molecule has 0 spiro atoms. The van der Waals surface area contributed by atoms with Crippen LogP contribution in [-0.2, 0) is 0 Å². The highest BCUT2D eigenvalue weighted by Gasteiger charge is 2.27. The Hall–Kier alpha value is 0.320. The van der Waals surface area contributed by atoms with Crippen molar-refractivity contribution >= 4 is 23.2 Å². The molecule has 0 N–H and O–H groups in total. The smallest absolute Gasteiger partial charge is 0.0412 e. The minimum absolute atomic E-state index is 0.198. The summed E-state index contributed by atoms with van der Waals surface area (Å²) in [5, 5.41) is 0.412. The van der Waals surface area contributed by atoms with E-state index in [1.54, 1.807) is 0 Å². The number of rotatable bonds is 0. The molecule has 58 valence electrons. The van der Waals surface area contributed by atoms with Gasteiger partial charge >= 0.3 is 0 Å². The van der Waals surface area contributed by atoms with E-state index in [4.69, 9.17) is 23.2 Å². The molecule has 0 aromatic carbocycles. The quantitative estimate of drug-likeness (QED) is 0.395. The summed E-state index contributed by atoms with van der Waals surface area (Å²) in [5.41, 5.74) is 1.20. The predicted molar refractivity (Wildman–Crippen MR) is 46.8 cm³/mol. The van der Waals surface area contributed by atoms with E-state index in [1.165, 1.54) is 5.57 Å². The summed E-state index contributed by atoms with van der Waals surface area (Å²) in [7, 11) is 0. The normalized spacial score (nSPS) is 41.9. The van der Waals surface area contributed by atoms with Gasteiger partial charge in [-0.1, -0.05) is 19.1 Å². The van der Waals surface area contributed by atoms with Gasteiger partial charge < -0.3 is 0 Å². The highest BCUT2D eigenvalue weighted by atomic mass is 35.5. The monoisotopic (exact) mass is 178 g/mol. The molecule has 0 saturated heterocycles. The Labute approximate surface area is 72.2 Å². The summed E-state index contributed by atoms with van der Waals surface area (Å²) < 4.78 is 0. The summed E-state index contributed by atoms with van der Waals surface area (Å²) in [6, 6.07) is 0. The van der Waals surface area contributed by atoms with Crippen molar-refractivity contribution in [2.75, 3.05) is 0 Å². The Morgan fingerprint density at radius 3 is 2.60 bits per heavy atom. The van der Waals surface area contributed by atoms with Gasteiger partial charge in [-0.25, -0.2) is 0 Å². The third-order valence-corrected chi connectivity index (χ3v) is 3.04. The van der Waals surface area contributed by atoms with E-state index < -0.39 is 0 Å². The fraction of sp³-hybridized carbons (Fsp3) is 0.750. The first-order chi connectivity index (χ1) is 4.61. The summed E-state index contributed by atoms with van der Waals surface area (Å²) in [6.45, 7) is 6.04. The molecule has 3 atom stereocenters. The van der Waals surface area contributed by atoms with Crippen LogP contribution in [0.3, 0.4) is 0 Å². The van der Waals surface area contributed by atoms with Crippen LogP contribution in [-0.4, -0.2) is 10.8 Å². The maximum atomic E-state index is 6.01. The lowest BCUT2D eigenvalue weighted by molar-refractivity contribution is 0.499. The molecule has 1 saturated carbocycles. The molecule has 1 aliphatic rings. The highest BCUT2D eigenvalue weighted by molar-refractivity contribution is 6.24. The largest absolute Gasteiger partial charge is 0.123 e. The van der Waals surface area contributed by atoms with E-state index in [2.05, 4.69) is 13.5 Å². The Balaban J connectivity index is 2.57. The minimum Gasteiger partial charge on any atom is -0.123 e. The second-order valence-electron chi connectivity index (χ2n) is 3.00. The van der Waals surface area contributed by atoms with Crippen molar-refractivity contribution in [1.29, 1.82) is 0 Å². The fourth-order valence-electron chi connectivity index (χ4n) is 1.26. The first-order valence-electron chi connectivity index (χ1n) is 3.57. The van der Waals surface area contributed by atoms with Crippen LogP contribution in [0.2, 0.25) is 0 Å². The van der Waals surface area contributed by atoms with Gasteiger partial charge in [-0.2, -0.15) is 0 Å². The second-order valence-corrected chi connectivity index (χ2v) is 4.18. The zero-order valence-corrected chi connectivity index (χ0v) is 7.62. The van der Waals surface area contributed by atoms with Crippen molar-refractivity contribution in [2.45, 2.75) is 30.5 Å². The van der Waals surface area contributed by atoms with Crippen LogP contribution in [0.25, 0.3) is 0 Å². The molecule has 1 fully saturated rings. The lowest BCUT2D eigenvalue weighted by Gasteiger charge is -2.29. The molecule has 0 aromatic heterocycles. The Kier molecular flexibility index (Phi) is 2.65. The molecule has 2 heteroatoms. The Bertz CT molecular complexity index is 142. The maximum absolute atomic E-state index is 6.01. The van der Waals surface area contributed by atoms with Crippen LogP contribution in [0.4, 0.5) is 0 Å². The standard InChI is InChI=1S/C8H12Cl2/c1-5-3-7(9)4-8(10)6(5)2/h6-8H,1,3-4H2,2H3. The van der Waals surface area contributed by atoms with Crippen LogP contribution in [0, 0.1) is 5.92 Å². The Morgan fingerprint density at radius 2 is 2.10 bits per heavy atom. The van der Waals surface area contributed by atoms with Crippen molar-refractivity contribution in [1.82, 2.24) is 0 Å². The number of allylic oxidation sites excluding steroid dienone is 1. The maximum Gasteiger partial charge on any atom is 0.0412 e. The third kappa shape index (κ3) is 1.67. The lowest BCUT2D eigenvalue weighted by Crippen LogP contribution is -2.25. The van der Waals surface area contributed by atoms with Gasteiger partial charge in [0.2, 0.25) is 0 Å². The average Bonchev–Trinajstić information content (AvgIpc) is 1.82. The van der Waals surface area contributed by atoms with E-state index in [9.17, 15) is 0 Å². The van der Waals surface area contributed by atoms with E-state index in [0.29, 0.717) is 5.92 Å². The molecule has 0 nitrogen and oxygen atoms in total.